The fraction of sp³-hybridized carbons (Fsp3) is 0. The predicted octanol–water partition coefficient (Wildman–Crippen LogP) is 1.35. The summed E-state index contributed by atoms with van der Waals surface area (Å²) in [5.41, 5.74) is -0.671. The number of carboxylic acids is 4. The second-order valence-corrected chi connectivity index (χ2v) is 3.58. The van der Waals surface area contributed by atoms with Crippen LogP contribution in [0.5, 0.6) is 0 Å². The first-order valence-electron chi connectivity index (χ1n) is 5.33. The fourth-order valence-electron chi connectivity index (χ4n) is 1.20. The Bertz CT molecular complexity index is 663. The summed E-state index contributed by atoms with van der Waals surface area (Å²) in [5.74, 6) is -5.92. The van der Waals surface area contributed by atoms with Crippen LogP contribution in [0.4, 0.5) is 0 Å². The first-order chi connectivity index (χ1) is 10.2. The zero-order chi connectivity index (χ0) is 16.9. The lowest BCUT2D eigenvalue weighted by Crippen LogP contribution is -2.03. The van der Waals surface area contributed by atoms with Gasteiger partial charge in [-0.15, -0.1) is 0 Å². The van der Waals surface area contributed by atoms with E-state index in [0.29, 0.717) is 0 Å². The minimum Gasteiger partial charge on any atom is -0.478 e. The summed E-state index contributed by atoms with van der Waals surface area (Å²) in [5, 5.41) is 33.3. The van der Waals surface area contributed by atoms with Crippen molar-refractivity contribution in [3.05, 3.63) is 47.3 Å². The van der Waals surface area contributed by atoms with Crippen LogP contribution in [0.15, 0.2) is 33.5 Å². The van der Waals surface area contributed by atoms with Crippen LogP contribution in [0.1, 0.15) is 41.8 Å². The smallest absolute Gasteiger partial charge is 0.371 e. The van der Waals surface area contributed by atoms with Crippen molar-refractivity contribution in [1.29, 1.82) is 0 Å². The number of aromatic carboxylic acids is 4. The number of rotatable bonds is 4. The molecule has 0 atom stereocenters. The van der Waals surface area contributed by atoms with Crippen LogP contribution in [-0.4, -0.2) is 44.3 Å². The van der Waals surface area contributed by atoms with E-state index in [2.05, 4.69) is 8.83 Å². The van der Waals surface area contributed by atoms with Gasteiger partial charge in [-0.05, 0) is 12.1 Å². The van der Waals surface area contributed by atoms with Crippen molar-refractivity contribution in [1.82, 2.24) is 0 Å². The fourth-order valence-corrected chi connectivity index (χ4v) is 1.20. The Morgan fingerprint density at radius 1 is 0.682 bits per heavy atom. The molecule has 0 saturated heterocycles. The Labute approximate surface area is 120 Å². The lowest BCUT2D eigenvalue weighted by Gasteiger charge is -1.88. The van der Waals surface area contributed by atoms with Crippen molar-refractivity contribution < 1.29 is 48.4 Å². The van der Waals surface area contributed by atoms with Crippen LogP contribution < -0.4 is 0 Å². The quantitative estimate of drug-likeness (QED) is 0.644. The Kier molecular flexibility index (Phi) is 5.06. The van der Waals surface area contributed by atoms with Gasteiger partial charge in [0.15, 0.2) is 0 Å². The summed E-state index contributed by atoms with van der Waals surface area (Å²) >= 11 is 0. The van der Waals surface area contributed by atoms with Crippen molar-refractivity contribution in [3.8, 4) is 0 Å². The molecule has 2 rings (SSSR count). The molecule has 0 bridgehead atoms. The summed E-state index contributed by atoms with van der Waals surface area (Å²) in [4.78, 5) is 40.8. The number of carbonyl (C=O) groups is 4. The molecule has 0 amide bonds. The number of furan rings is 2. The van der Waals surface area contributed by atoms with Gasteiger partial charge in [0.25, 0.3) is 0 Å². The van der Waals surface area contributed by atoms with Crippen molar-refractivity contribution in [2.45, 2.75) is 0 Å². The largest absolute Gasteiger partial charge is 0.478 e. The lowest BCUT2D eigenvalue weighted by molar-refractivity contribution is 0.0628. The Morgan fingerprint density at radius 3 is 1.27 bits per heavy atom. The maximum absolute atomic E-state index is 10.3. The molecule has 0 saturated carbocycles. The van der Waals surface area contributed by atoms with E-state index < -0.39 is 23.9 Å². The molecule has 2 aromatic heterocycles. The van der Waals surface area contributed by atoms with E-state index >= 15 is 0 Å². The second kappa shape index (κ2) is 6.74. The molecule has 0 aromatic carbocycles. The number of carboxylic acid groups (broad SMARTS) is 4. The van der Waals surface area contributed by atoms with E-state index in [9.17, 15) is 19.2 Å². The molecular weight excluding hydrogens is 304 g/mol. The van der Waals surface area contributed by atoms with Gasteiger partial charge in [-0.3, -0.25) is 0 Å². The third-order valence-corrected chi connectivity index (χ3v) is 2.15. The zero-order valence-corrected chi connectivity index (χ0v) is 10.5. The SMILES string of the molecule is O=C(O)c1ccc(C(=O)O)o1.O=C(O)c1cocc1C(=O)O. The van der Waals surface area contributed by atoms with Crippen LogP contribution >= 0.6 is 0 Å². The molecule has 10 heteroatoms. The summed E-state index contributed by atoms with van der Waals surface area (Å²) in [6.07, 6.45) is 1.76. The van der Waals surface area contributed by atoms with E-state index in [1.807, 2.05) is 0 Å². The Balaban J connectivity index is 0.000000220. The van der Waals surface area contributed by atoms with Gasteiger partial charge in [-0.2, -0.15) is 0 Å². The van der Waals surface area contributed by atoms with Crippen molar-refractivity contribution in [2.24, 2.45) is 0 Å². The maximum Gasteiger partial charge on any atom is 0.371 e. The van der Waals surface area contributed by atoms with E-state index in [4.69, 9.17) is 20.4 Å². The lowest BCUT2D eigenvalue weighted by atomic mass is 10.2. The van der Waals surface area contributed by atoms with Crippen molar-refractivity contribution >= 4 is 23.9 Å². The highest BCUT2D eigenvalue weighted by Gasteiger charge is 2.17. The molecule has 0 radical (unpaired) electrons. The third kappa shape index (κ3) is 3.96. The molecule has 2 heterocycles. The third-order valence-electron chi connectivity index (χ3n) is 2.15. The summed E-state index contributed by atoms with van der Waals surface area (Å²) in [7, 11) is 0. The minimum absolute atomic E-state index is 0.336. The Hall–Kier alpha value is -3.56. The van der Waals surface area contributed by atoms with E-state index in [0.717, 1.165) is 24.7 Å². The number of hydrogen-bond donors (Lipinski definition) is 4. The monoisotopic (exact) mass is 312 g/mol. The topological polar surface area (TPSA) is 175 Å². The van der Waals surface area contributed by atoms with Crippen LogP contribution in [0.25, 0.3) is 0 Å². The molecular formula is C12H8O10. The molecule has 4 N–H and O–H groups in total. The van der Waals surface area contributed by atoms with Crippen molar-refractivity contribution in [2.75, 3.05) is 0 Å². The maximum atomic E-state index is 10.3. The first-order valence-corrected chi connectivity index (χ1v) is 5.33. The molecule has 22 heavy (non-hydrogen) atoms. The van der Waals surface area contributed by atoms with Gasteiger partial charge in [0.2, 0.25) is 11.5 Å². The average molecular weight is 312 g/mol. The van der Waals surface area contributed by atoms with Gasteiger partial charge in [-0.1, -0.05) is 0 Å². The molecule has 0 fully saturated rings. The van der Waals surface area contributed by atoms with Gasteiger partial charge < -0.3 is 29.3 Å². The van der Waals surface area contributed by atoms with E-state index in [-0.39, 0.29) is 22.6 Å². The van der Waals surface area contributed by atoms with Gasteiger partial charge in [-0.25, -0.2) is 19.2 Å². The summed E-state index contributed by atoms with van der Waals surface area (Å²) in [6, 6.07) is 2.18. The van der Waals surface area contributed by atoms with Crippen LogP contribution in [0.2, 0.25) is 0 Å². The number of hydrogen-bond acceptors (Lipinski definition) is 6. The molecule has 0 aliphatic rings. The van der Waals surface area contributed by atoms with Gasteiger partial charge >= 0.3 is 23.9 Å². The van der Waals surface area contributed by atoms with Gasteiger partial charge in [0.05, 0.1) is 0 Å². The van der Waals surface area contributed by atoms with E-state index in [1.54, 1.807) is 0 Å². The predicted molar refractivity (Wildman–Crippen MR) is 65.3 cm³/mol. The highest BCUT2D eigenvalue weighted by molar-refractivity contribution is 6.01. The summed E-state index contributed by atoms with van der Waals surface area (Å²) in [6.45, 7) is 0. The molecule has 2 aromatic rings. The normalized spacial score (nSPS) is 9.45. The molecule has 0 unspecified atom stereocenters. The average Bonchev–Trinajstić information content (AvgIpc) is 3.09. The Morgan fingerprint density at radius 2 is 1.05 bits per heavy atom. The molecule has 0 aliphatic carbocycles. The van der Waals surface area contributed by atoms with E-state index in [1.165, 1.54) is 0 Å². The minimum atomic E-state index is -1.31. The highest BCUT2D eigenvalue weighted by Crippen LogP contribution is 2.09. The van der Waals surface area contributed by atoms with Gasteiger partial charge in [0, 0.05) is 0 Å². The molecule has 0 spiro atoms. The van der Waals surface area contributed by atoms with Crippen LogP contribution in [0.3, 0.4) is 0 Å². The van der Waals surface area contributed by atoms with Crippen molar-refractivity contribution in [3.63, 3.8) is 0 Å². The summed E-state index contributed by atoms with van der Waals surface area (Å²) < 4.78 is 8.81. The standard InChI is InChI=1S/2C6H4O5/c7-5(8)3-1-11-2-4(3)6(9)10;7-5(8)3-1-2-4(11-3)6(9)10/h2*1-2H,(H,7,8)(H,9,10). The first kappa shape index (κ1) is 16.5. The molecule has 10 nitrogen and oxygen atoms in total. The zero-order valence-electron chi connectivity index (χ0n) is 10.5. The van der Waals surface area contributed by atoms with Crippen LogP contribution in [-0.2, 0) is 0 Å². The highest BCUT2D eigenvalue weighted by atomic mass is 16.4. The molecule has 116 valence electrons. The van der Waals surface area contributed by atoms with Gasteiger partial charge in [0.1, 0.15) is 23.7 Å². The van der Waals surface area contributed by atoms with Crippen LogP contribution in [0, 0.1) is 0 Å². The second-order valence-electron chi connectivity index (χ2n) is 3.58. The molecule has 0 aliphatic heterocycles.